The number of benzene rings is 1. The highest BCUT2D eigenvalue weighted by atomic mass is 16.5. The molecule has 4 heteroatoms. The lowest BCUT2D eigenvalue weighted by molar-refractivity contribution is -0.124. The quantitative estimate of drug-likeness (QED) is 0.826. The number of nitrogens with one attached hydrogen (secondary N) is 1. The summed E-state index contributed by atoms with van der Waals surface area (Å²) in [4.78, 5) is 11.7. The fourth-order valence-corrected chi connectivity index (χ4v) is 1.58. The van der Waals surface area contributed by atoms with Crippen LogP contribution in [0.1, 0.15) is 39.2 Å². The van der Waals surface area contributed by atoms with Gasteiger partial charge in [-0.25, -0.2) is 0 Å². The lowest BCUT2D eigenvalue weighted by Gasteiger charge is -2.24. The van der Waals surface area contributed by atoms with E-state index in [9.17, 15) is 4.79 Å². The standard InChI is InChI=1S/C15H24N2O2/c1-11(2)12-6-5-7-13(8-12)19-9-14(18)17-15(3,4)10-16/h5-8,11H,9-10,16H2,1-4H3,(H,17,18). The number of nitrogens with two attached hydrogens (primary N) is 1. The molecule has 106 valence electrons. The number of amides is 1. The van der Waals surface area contributed by atoms with Gasteiger partial charge in [0.15, 0.2) is 6.61 Å². The van der Waals surface area contributed by atoms with Gasteiger partial charge in [-0.15, -0.1) is 0 Å². The van der Waals surface area contributed by atoms with Crippen LogP contribution in [0.3, 0.4) is 0 Å². The monoisotopic (exact) mass is 264 g/mol. The summed E-state index contributed by atoms with van der Waals surface area (Å²) in [6, 6.07) is 7.81. The summed E-state index contributed by atoms with van der Waals surface area (Å²) >= 11 is 0. The Morgan fingerprint density at radius 3 is 2.68 bits per heavy atom. The summed E-state index contributed by atoms with van der Waals surface area (Å²) < 4.78 is 5.50. The number of hydrogen-bond acceptors (Lipinski definition) is 3. The summed E-state index contributed by atoms with van der Waals surface area (Å²) in [7, 11) is 0. The second-order valence-corrected chi connectivity index (χ2v) is 5.65. The average molecular weight is 264 g/mol. The van der Waals surface area contributed by atoms with Crippen molar-refractivity contribution in [1.29, 1.82) is 0 Å². The highest BCUT2D eigenvalue weighted by Crippen LogP contribution is 2.19. The van der Waals surface area contributed by atoms with Crippen molar-refractivity contribution in [3.8, 4) is 5.75 Å². The molecule has 0 saturated heterocycles. The summed E-state index contributed by atoms with van der Waals surface area (Å²) in [5, 5.41) is 2.82. The smallest absolute Gasteiger partial charge is 0.258 e. The Morgan fingerprint density at radius 1 is 1.42 bits per heavy atom. The van der Waals surface area contributed by atoms with Crippen LogP contribution < -0.4 is 15.8 Å². The molecule has 0 radical (unpaired) electrons. The molecular formula is C15H24N2O2. The van der Waals surface area contributed by atoms with E-state index in [-0.39, 0.29) is 12.5 Å². The van der Waals surface area contributed by atoms with Gasteiger partial charge in [-0.3, -0.25) is 4.79 Å². The number of hydrogen-bond donors (Lipinski definition) is 2. The summed E-state index contributed by atoms with van der Waals surface area (Å²) in [6.45, 7) is 8.40. The minimum atomic E-state index is -0.403. The van der Waals surface area contributed by atoms with Gasteiger partial charge in [-0.1, -0.05) is 26.0 Å². The Morgan fingerprint density at radius 2 is 2.11 bits per heavy atom. The van der Waals surface area contributed by atoms with Crippen LogP contribution in [0, 0.1) is 0 Å². The maximum atomic E-state index is 11.7. The van der Waals surface area contributed by atoms with Crippen LogP contribution in [-0.2, 0) is 4.79 Å². The van der Waals surface area contributed by atoms with Gasteiger partial charge in [0, 0.05) is 12.1 Å². The molecule has 0 spiro atoms. The maximum absolute atomic E-state index is 11.7. The predicted molar refractivity (Wildman–Crippen MR) is 77.3 cm³/mol. The second-order valence-electron chi connectivity index (χ2n) is 5.65. The van der Waals surface area contributed by atoms with Crippen molar-refractivity contribution in [3.63, 3.8) is 0 Å². The van der Waals surface area contributed by atoms with Crippen LogP contribution in [-0.4, -0.2) is 24.6 Å². The first-order valence-electron chi connectivity index (χ1n) is 6.58. The van der Waals surface area contributed by atoms with E-state index in [4.69, 9.17) is 10.5 Å². The predicted octanol–water partition coefficient (Wildman–Crippen LogP) is 2.04. The van der Waals surface area contributed by atoms with Crippen molar-refractivity contribution in [1.82, 2.24) is 5.32 Å². The van der Waals surface area contributed by atoms with Crippen LogP contribution in [0.15, 0.2) is 24.3 Å². The third-order valence-electron chi connectivity index (χ3n) is 2.88. The van der Waals surface area contributed by atoms with E-state index in [2.05, 4.69) is 25.2 Å². The van der Waals surface area contributed by atoms with E-state index < -0.39 is 5.54 Å². The average Bonchev–Trinajstić information content (AvgIpc) is 2.36. The van der Waals surface area contributed by atoms with Gasteiger partial charge in [0.05, 0.1) is 0 Å². The molecule has 4 nitrogen and oxygen atoms in total. The molecule has 0 aromatic heterocycles. The molecule has 0 fully saturated rings. The highest BCUT2D eigenvalue weighted by molar-refractivity contribution is 5.78. The molecular weight excluding hydrogens is 240 g/mol. The molecule has 0 heterocycles. The molecule has 1 aromatic carbocycles. The first kappa shape index (κ1) is 15.5. The lowest BCUT2D eigenvalue weighted by atomic mass is 10.0. The van der Waals surface area contributed by atoms with Gasteiger partial charge >= 0.3 is 0 Å². The fourth-order valence-electron chi connectivity index (χ4n) is 1.58. The van der Waals surface area contributed by atoms with Crippen molar-refractivity contribution in [2.45, 2.75) is 39.2 Å². The van der Waals surface area contributed by atoms with Crippen molar-refractivity contribution in [2.75, 3.05) is 13.2 Å². The zero-order valence-electron chi connectivity index (χ0n) is 12.2. The molecule has 1 aromatic rings. The molecule has 0 aliphatic carbocycles. The first-order chi connectivity index (χ1) is 8.84. The van der Waals surface area contributed by atoms with Crippen molar-refractivity contribution in [3.05, 3.63) is 29.8 Å². The molecule has 3 N–H and O–H groups in total. The van der Waals surface area contributed by atoms with Crippen molar-refractivity contribution < 1.29 is 9.53 Å². The molecule has 0 unspecified atom stereocenters. The molecule has 0 atom stereocenters. The molecule has 0 aliphatic heterocycles. The Hall–Kier alpha value is -1.55. The van der Waals surface area contributed by atoms with Crippen LogP contribution in [0.4, 0.5) is 0 Å². The number of ether oxygens (including phenoxy) is 1. The third-order valence-corrected chi connectivity index (χ3v) is 2.88. The van der Waals surface area contributed by atoms with Crippen molar-refractivity contribution >= 4 is 5.91 Å². The zero-order valence-corrected chi connectivity index (χ0v) is 12.2. The van der Waals surface area contributed by atoms with E-state index in [1.165, 1.54) is 5.56 Å². The topological polar surface area (TPSA) is 64.3 Å². The first-order valence-corrected chi connectivity index (χ1v) is 6.58. The van der Waals surface area contributed by atoms with Gasteiger partial charge in [-0.2, -0.15) is 0 Å². The highest BCUT2D eigenvalue weighted by Gasteiger charge is 2.18. The number of carbonyl (C=O) groups excluding carboxylic acids is 1. The minimum Gasteiger partial charge on any atom is -0.484 e. The molecule has 1 rings (SSSR count). The van der Waals surface area contributed by atoms with Crippen LogP contribution in [0.25, 0.3) is 0 Å². The van der Waals surface area contributed by atoms with E-state index in [1.807, 2.05) is 32.0 Å². The third kappa shape index (κ3) is 5.30. The van der Waals surface area contributed by atoms with Crippen LogP contribution in [0.2, 0.25) is 0 Å². The Kier molecular flexibility index (Phi) is 5.36. The Bertz CT molecular complexity index is 428. The van der Waals surface area contributed by atoms with E-state index in [0.29, 0.717) is 18.2 Å². The number of carbonyl (C=O) groups is 1. The van der Waals surface area contributed by atoms with E-state index >= 15 is 0 Å². The molecule has 0 bridgehead atoms. The van der Waals surface area contributed by atoms with Gasteiger partial charge < -0.3 is 15.8 Å². The molecule has 1 amide bonds. The van der Waals surface area contributed by atoms with E-state index in [0.717, 1.165) is 0 Å². The molecule has 0 saturated carbocycles. The number of rotatable bonds is 6. The van der Waals surface area contributed by atoms with Crippen LogP contribution >= 0.6 is 0 Å². The van der Waals surface area contributed by atoms with Gasteiger partial charge in [0.2, 0.25) is 0 Å². The molecule has 19 heavy (non-hydrogen) atoms. The lowest BCUT2D eigenvalue weighted by Crippen LogP contribution is -2.50. The summed E-state index contributed by atoms with van der Waals surface area (Å²) in [5.41, 5.74) is 6.35. The fraction of sp³-hybridized carbons (Fsp3) is 0.533. The summed E-state index contributed by atoms with van der Waals surface area (Å²) in [5.74, 6) is 0.992. The van der Waals surface area contributed by atoms with Crippen LogP contribution in [0.5, 0.6) is 5.75 Å². The Labute approximate surface area is 115 Å². The normalized spacial score (nSPS) is 11.5. The van der Waals surface area contributed by atoms with Gasteiger partial charge in [0.1, 0.15) is 5.75 Å². The minimum absolute atomic E-state index is 0.00494. The SMILES string of the molecule is CC(C)c1cccc(OCC(=O)NC(C)(C)CN)c1. The summed E-state index contributed by atoms with van der Waals surface area (Å²) in [6.07, 6.45) is 0. The Balaban J connectivity index is 2.53. The van der Waals surface area contributed by atoms with Gasteiger partial charge in [-0.05, 0) is 37.5 Å². The largest absolute Gasteiger partial charge is 0.484 e. The second kappa shape index (κ2) is 6.57. The van der Waals surface area contributed by atoms with Crippen molar-refractivity contribution in [2.24, 2.45) is 5.73 Å². The van der Waals surface area contributed by atoms with E-state index in [1.54, 1.807) is 0 Å². The molecule has 0 aliphatic rings. The maximum Gasteiger partial charge on any atom is 0.258 e. The van der Waals surface area contributed by atoms with Gasteiger partial charge in [0.25, 0.3) is 5.91 Å². The zero-order chi connectivity index (χ0) is 14.5.